The van der Waals surface area contributed by atoms with Gasteiger partial charge in [-0.2, -0.15) is 0 Å². The van der Waals surface area contributed by atoms with Crippen LogP contribution in [0, 0.1) is 0 Å². The van der Waals surface area contributed by atoms with Crippen LogP contribution in [0.1, 0.15) is 5.56 Å². The van der Waals surface area contributed by atoms with Crippen molar-refractivity contribution in [2.75, 3.05) is 0 Å². The molecule has 0 amide bonds. The first-order valence-corrected chi connectivity index (χ1v) is 5.34. The summed E-state index contributed by atoms with van der Waals surface area (Å²) in [6, 6.07) is 11.4. The van der Waals surface area contributed by atoms with E-state index >= 15 is 0 Å². The van der Waals surface area contributed by atoms with E-state index in [-0.39, 0.29) is 11.5 Å². The lowest BCUT2D eigenvalue weighted by Crippen LogP contribution is -1.81. The topological polar surface area (TPSA) is 52.8 Å². The van der Waals surface area contributed by atoms with Crippen molar-refractivity contribution in [3.63, 3.8) is 0 Å². The maximum atomic E-state index is 9.54. The molecule has 4 heteroatoms. The molecule has 0 atom stereocenters. The van der Waals surface area contributed by atoms with Crippen molar-refractivity contribution in [3.05, 3.63) is 53.1 Å². The predicted octanol–water partition coefficient (Wildman–Crippen LogP) is 3.50. The molecule has 2 rings (SSSR count). The third-order valence-corrected chi connectivity index (χ3v) is 2.45. The van der Waals surface area contributed by atoms with Gasteiger partial charge < -0.3 is 10.2 Å². The Bertz CT molecular complexity index is 550. The SMILES string of the molecule is Oc1ccc(C=Nc2ccc(Cl)cc2)c(O)c1. The molecular weight excluding hydrogens is 238 g/mol. The first-order valence-electron chi connectivity index (χ1n) is 4.97. The summed E-state index contributed by atoms with van der Waals surface area (Å²) in [4.78, 5) is 4.18. The zero-order chi connectivity index (χ0) is 12.3. The Morgan fingerprint density at radius 2 is 1.71 bits per heavy atom. The van der Waals surface area contributed by atoms with Crippen molar-refractivity contribution in [2.45, 2.75) is 0 Å². The normalized spacial score (nSPS) is 10.9. The number of aliphatic imine (C=N–C) groups is 1. The zero-order valence-electron chi connectivity index (χ0n) is 8.84. The summed E-state index contributed by atoms with van der Waals surface area (Å²) in [6.45, 7) is 0. The van der Waals surface area contributed by atoms with Gasteiger partial charge in [-0.1, -0.05) is 11.6 Å². The number of nitrogens with zero attached hydrogens (tertiary/aromatic N) is 1. The number of hydrogen-bond donors (Lipinski definition) is 2. The molecule has 0 aliphatic heterocycles. The molecule has 0 spiro atoms. The van der Waals surface area contributed by atoms with Crippen LogP contribution >= 0.6 is 11.6 Å². The van der Waals surface area contributed by atoms with Crippen molar-refractivity contribution < 1.29 is 10.2 Å². The Morgan fingerprint density at radius 1 is 1.00 bits per heavy atom. The van der Waals surface area contributed by atoms with Crippen LogP contribution in [0.25, 0.3) is 0 Å². The predicted molar refractivity (Wildman–Crippen MR) is 68.5 cm³/mol. The third-order valence-electron chi connectivity index (χ3n) is 2.19. The van der Waals surface area contributed by atoms with E-state index in [0.29, 0.717) is 10.6 Å². The van der Waals surface area contributed by atoms with Crippen molar-refractivity contribution in [1.82, 2.24) is 0 Å². The van der Waals surface area contributed by atoms with E-state index in [1.807, 2.05) is 0 Å². The van der Waals surface area contributed by atoms with E-state index in [0.717, 1.165) is 5.69 Å². The van der Waals surface area contributed by atoms with E-state index < -0.39 is 0 Å². The largest absolute Gasteiger partial charge is 0.508 e. The number of phenolic OH excluding ortho intramolecular Hbond substituents is 2. The number of benzene rings is 2. The lowest BCUT2D eigenvalue weighted by Gasteiger charge is -1.99. The molecule has 0 aliphatic rings. The molecule has 2 N–H and O–H groups in total. The average Bonchev–Trinajstić information content (AvgIpc) is 2.30. The van der Waals surface area contributed by atoms with E-state index in [1.165, 1.54) is 18.3 Å². The molecular formula is C13H10ClNO2. The Labute approximate surface area is 104 Å². The van der Waals surface area contributed by atoms with Crippen LogP contribution in [0.15, 0.2) is 47.5 Å². The van der Waals surface area contributed by atoms with Crippen molar-refractivity contribution in [1.29, 1.82) is 0 Å². The van der Waals surface area contributed by atoms with Gasteiger partial charge >= 0.3 is 0 Å². The van der Waals surface area contributed by atoms with E-state index in [9.17, 15) is 5.11 Å². The molecule has 0 aliphatic carbocycles. The van der Waals surface area contributed by atoms with Gasteiger partial charge in [0.2, 0.25) is 0 Å². The van der Waals surface area contributed by atoms with Crippen molar-refractivity contribution in [3.8, 4) is 11.5 Å². The highest BCUT2D eigenvalue weighted by molar-refractivity contribution is 6.30. The molecule has 0 saturated heterocycles. The fourth-order valence-corrected chi connectivity index (χ4v) is 1.44. The van der Waals surface area contributed by atoms with Crippen molar-refractivity contribution >= 4 is 23.5 Å². The van der Waals surface area contributed by atoms with Gasteiger partial charge in [0.15, 0.2) is 0 Å². The summed E-state index contributed by atoms with van der Waals surface area (Å²) in [6.07, 6.45) is 1.53. The molecule has 86 valence electrons. The molecule has 0 bridgehead atoms. The van der Waals surface area contributed by atoms with Gasteiger partial charge in [-0.15, -0.1) is 0 Å². The van der Waals surface area contributed by atoms with Gasteiger partial charge in [-0.3, -0.25) is 4.99 Å². The van der Waals surface area contributed by atoms with E-state index in [2.05, 4.69) is 4.99 Å². The second-order valence-corrected chi connectivity index (χ2v) is 3.91. The summed E-state index contributed by atoms with van der Waals surface area (Å²) < 4.78 is 0. The number of rotatable bonds is 2. The summed E-state index contributed by atoms with van der Waals surface area (Å²) in [7, 11) is 0. The Morgan fingerprint density at radius 3 is 2.35 bits per heavy atom. The maximum absolute atomic E-state index is 9.54. The van der Waals surface area contributed by atoms with E-state index in [4.69, 9.17) is 16.7 Å². The number of aromatic hydroxyl groups is 2. The molecule has 0 unspecified atom stereocenters. The molecule has 2 aromatic carbocycles. The average molecular weight is 248 g/mol. The number of phenols is 2. The van der Waals surface area contributed by atoms with Crippen LogP contribution in [0.2, 0.25) is 5.02 Å². The standard InChI is InChI=1S/C13H10ClNO2/c14-10-2-4-11(5-3-10)15-8-9-1-6-12(16)7-13(9)17/h1-8,16-17H. The number of halogens is 1. The smallest absolute Gasteiger partial charge is 0.128 e. The van der Waals surface area contributed by atoms with Crippen LogP contribution in [-0.4, -0.2) is 16.4 Å². The van der Waals surface area contributed by atoms with Gasteiger partial charge in [0.1, 0.15) is 11.5 Å². The molecule has 0 radical (unpaired) electrons. The van der Waals surface area contributed by atoms with Gasteiger partial charge in [-0.05, 0) is 36.4 Å². The molecule has 0 fully saturated rings. The van der Waals surface area contributed by atoms with Crippen LogP contribution < -0.4 is 0 Å². The Hall–Kier alpha value is -2.00. The minimum absolute atomic E-state index is 0.0114. The lowest BCUT2D eigenvalue weighted by molar-refractivity contribution is 0.450. The monoisotopic (exact) mass is 247 g/mol. The van der Waals surface area contributed by atoms with Crippen LogP contribution in [0.3, 0.4) is 0 Å². The first kappa shape index (κ1) is 11.5. The van der Waals surface area contributed by atoms with Crippen LogP contribution in [-0.2, 0) is 0 Å². The molecule has 2 aromatic rings. The summed E-state index contributed by atoms with van der Waals surface area (Å²) >= 11 is 5.75. The summed E-state index contributed by atoms with van der Waals surface area (Å²) in [5.41, 5.74) is 1.28. The van der Waals surface area contributed by atoms with E-state index in [1.54, 1.807) is 30.3 Å². The second-order valence-electron chi connectivity index (χ2n) is 3.48. The van der Waals surface area contributed by atoms with Crippen molar-refractivity contribution in [2.24, 2.45) is 4.99 Å². The molecule has 17 heavy (non-hydrogen) atoms. The van der Waals surface area contributed by atoms with Crippen LogP contribution in [0.4, 0.5) is 5.69 Å². The number of hydrogen-bond acceptors (Lipinski definition) is 3. The maximum Gasteiger partial charge on any atom is 0.128 e. The van der Waals surface area contributed by atoms with Gasteiger partial charge in [0.05, 0.1) is 5.69 Å². The summed E-state index contributed by atoms with van der Waals surface area (Å²) in [5, 5.41) is 19.3. The minimum atomic E-state index is -0.0114. The first-order chi connectivity index (χ1) is 8.15. The quantitative estimate of drug-likeness (QED) is 0.798. The molecule has 0 saturated carbocycles. The Balaban J connectivity index is 2.23. The zero-order valence-corrected chi connectivity index (χ0v) is 9.59. The molecule has 3 nitrogen and oxygen atoms in total. The van der Waals surface area contributed by atoms with Crippen LogP contribution in [0.5, 0.6) is 11.5 Å². The highest BCUT2D eigenvalue weighted by Crippen LogP contribution is 2.22. The summed E-state index contributed by atoms with van der Waals surface area (Å²) in [5.74, 6) is 0.00820. The Kier molecular flexibility index (Phi) is 3.30. The van der Waals surface area contributed by atoms with Gasteiger partial charge in [-0.25, -0.2) is 0 Å². The molecule has 0 aromatic heterocycles. The lowest BCUT2D eigenvalue weighted by atomic mass is 10.2. The fourth-order valence-electron chi connectivity index (χ4n) is 1.31. The van der Waals surface area contributed by atoms with Gasteiger partial charge in [0.25, 0.3) is 0 Å². The minimum Gasteiger partial charge on any atom is -0.508 e. The highest BCUT2D eigenvalue weighted by atomic mass is 35.5. The third kappa shape index (κ3) is 2.98. The fraction of sp³-hybridized carbons (Fsp3) is 0. The second kappa shape index (κ2) is 4.89. The van der Waals surface area contributed by atoms with Gasteiger partial charge in [0, 0.05) is 22.9 Å². The molecule has 0 heterocycles. The highest BCUT2D eigenvalue weighted by Gasteiger charge is 1.99.